The zero-order valence-corrected chi connectivity index (χ0v) is 13.4. The van der Waals surface area contributed by atoms with Crippen LogP contribution in [-0.4, -0.2) is 9.78 Å². The molecule has 110 valence electrons. The minimum absolute atomic E-state index is 0.801. The topological polar surface area (TPSA) is 17.8 Å². The number of rotatable bonds is 10. The molecule has 0 radical (unpaired) electrons. The lowest BCUT2D eigenvalue weighted by molar-refractivity contribution is 0.474. The molecule has 2 nitrogen and oxygen atoms in total. The summed E-state index contributed by atoms with van der Waals surface area (Å²) in [6.07, 6.45) is 11.1. The third kappa shape index (κ3) is 7.39. The van der Waals surface area contributed by atoms with Crippen LogP contribution in [0.3, 0.4) is 0 Å². The van der Waals surface area contributed by atoms with Gasteiger partial charge in [-0.05, 0) is 43.6 Å². The molecular weight excluding hydrogens is 232 g/mol. The summed E-state index contributed by atoms with van der Waals surface area (Å²) in [5.74, 6) is 1.65. The van der Waals surface area contributed by atoms with Crippen molar-refractivity contribution in [2.24, 2.45) is 11.8 Å². The summed E-state index contributed by atoms with van der Waals surface area (Å²) < 4.78 is 2.21. The molecule has 0 unspecified atom stereocenters. The zero-order chi connectivity index (χ0) is 14.1. The minimum atomic E-state index is 0.801. The summed E-state index contributed by atoms with van der Waals surface area (Å²) in [5, 5.41) is 4.46. The highest BCUT2D eigenvalue weighted by molar-refractivity contribution is 5.00. The lowest BCUT2D eigenvalue weighted by atomic mass is 10.0. The van der Waals surface area contributed by atoms with Crippen LogP contribution in [0.25, 0.3) is 0 Å². The molecule has 0 aliphatic heterocycles. The predicted molar refractivity (Wildman–Crippen MR) is 83.3 cm³/mol. The highest BCUT2D eigenvalue weighted by Crippen LogP contribution is 2.12. The van der Waals surface area contributed by atoms with Crippen molar-refractivity contribution in [3.63, 3.8) is 0 Å². The van der Waals surface area contributed by atoms with Gasteiger partial charge in [0.15, 0.2) is 0 Å². The summed E-state index contributed by atoms with van der Waals surface area (Å²) in [5.41, 5.74) is 1.42. The van der Waals surface area contributed by atoms with Gasteiger partial charge in [-0.25, -0.2) is 0 Å². The second kappa shape index (κ2) is 9.17. The van der Waals surface area contributed by atoms with Crippen molar-refractivity contribution in [3.8, 4) is 0 Å². The first-order valence-corrected chi connectivity index (χ1v) is 8.10. The molecule has 0 N–H and O–H groups in total. The predicted octanol–water partition coefficient (Wildman–Crippen LogP) is 5.08. The normalized spacial score (nSPS) is 11.7. The summed E-state index contributed by atoms with van der Waals surface area (Å²) in [6, 6.07) is 2.19. The van der Waals surface area contributed by atoms with Crippen molar-refractivity contribution in [2.45, 2.75) is 79.2 Å². The second-order valence-electron chi connectivity index (χ2n) is 6.57. The van der Waals surface area contributed by atoms with Crippen molar-refractivity contribution in [1.29, 1.82) is 0 Å². The van der Waals surface area contributed by atoms with Gasteiger partial charge in [0.2, 0.25) is 0 Å². The molecule has 1 aromatic heterocycles. The maximum Gasteiger partial charge on any atom is 0.0492 e. The van der Waals surface area contributed by atoms with E-state index in [-0.39, 0.29) is 0 Å². The Hall–Kier alpha value is -0.790. The molecule has 0 amide bonds. The number of aromatic nitrogens is 2. The minimum Gasteiger partial charge on any atom is -0.270 e. The summed E-state index contributed by atoms with van der Waals surface area (Å²) in [4.78, 5) is 0. The molecule has 0 spiro atoms. The van der Waals surface area contributed by atoms with Crippen LogP contribution in [0.2, 0.25) is 0 Å². The number of aryl methyl sites for hydroxylation is 2. The van der Waals surface area contributed by atoms with Gasteiger partial charge in [0.25, 0.3) is 0 Å². The Kier molecular flexibility index (Phi) is 7.85. The molecule has 0 aliphatic carbocycles. The first kappa shape index (κ1) is 16.3. The molecule has 1 heterocycles. The molecule has 0 bridgehead atoms. The Bertz CT molecular complexity index is 326. The van der Waals surface area contributed by atoms with Crippen LogP contribution in [-0.2, 0) is 13.0 Å². The van der Waals surface area contributed by atoms with E-state index in [2.05, 4.69) is 43.5 Å². The molecule has 1 rings (SSSR count). The third-order valence-electron chi connectivity index (χ3n) is 3.67. The van der Waals surface area contributed by atoms with Crippen LogP contribution in [0.4, 0.5) is 0 Å². The second-order valence-corrected chi connectivity index (χ2v) is 6.57. The van der Waals surface area contributed by atoms with Gasteiger partial charge in [0.1, 0.15) is 0 Å². The van der Waals surface area contributed by atoms with Gasteiger partial charge in [-0.15, -0.1) is 0 Å². The van der Waals surface area contributed by atoms with Gasteiger partial charge in [0, 0.05) is 18.4 Å². The van der Waals surface area contributed by atoms with E-state index in [0.717, 1.165) is 18.4 Å². The van der Waals surface area contributed by atoms with Crippen molar-refractivity contribution < 1.29 is 0 Å². The average Bonchev–Trinajstić information content (AvgIpc) is 2.75. The Balaban J connectivity index is 2.21. The van der Waals surface area contributed by atoms with Crippen LogP contribution in [0.1, 0.15) is 71.9 Å². The summed E-state index contributed by atoms with van der Waals surface area (Å²) in [6.45, 7) is 10.3. The molecule has 0 saturated carbocycles. The van der Waals surface area contributed by atoms with E-state index >= 15 is 0 Å². The van der Waals surface area contributed by atoms with Crippen molar-refractivity contribution in [3.05, 3.63) is 18.0 Å². The van der Waals surface area contributed by atoms with Crippen LogP contribution in [0.5, 0.6) is 0 Å². The van der Waals surface area contributed by atoms with Crippen molar-refractivity contribution in [1.82, 2.24) is 9.78 Å². The molecule has 0 saturated heterocycles. The molecule has 0 aliphatic rings. The van der Waals surface area contributed by atoms with Gasteiger partial charge in [-0.2, -0.15) is 5.10 Å². The Labute approximate surface area is 119 Å². The van der Waals surface area contributed by atoms with Gasteiger partial charge in [-0.1, -0.05) is 47.0 Å². The first-order chi connectivity index (χ1) is 9.09. The number of nitrogens with zero attached hydrogens (tertiary/aromatic N) is 2. The fraction of sp³-hybridized carbons (Fsp3) is 0.824. The monoisotopic (exact) mass is 264 g/mol. The number of hydrogen-bond acceptors (Lipinski definition) is 1. The SMILES string of the molecule is CC(C)CCCCCc1ccnn1CCCC(C)C. The van der Waals surface area contributed by atoms with E-state index in [9.17, 15) is 0 Å². The maximum atomic E-state index is 4.46. The molecule has 19 heavy (non-hydrogen) atoms. The zero-order valence-electron chi connectivity index (χ0n) is 13.4. The fourth-order valence-corrected chi connectivity index (χ4v) is 2.46. The standard InChI is InChI=1S/C17H32N2/c1-15(2)9-6-5-7-11-17-12-13-18-19(17)14-8-10-16(3)4/h12-13,15-16H,5-11,14H2,1-4H3. The quantitative estimate of drug-likeness (QED) is 0.539. The molecule has 0 atom stereocenters. The van der Waals surface area contributed by atoms with E-state index in [1.165, 1.54) is 50.6 Å². The van der Waals surface area contributed by atoms with Crippen LogP contribution >= 0.6 is 0 Å². The largest absolute Gasteiger partial charge is 0.270 e. The van der Waals surface area contributed by atoms with Crippen molar-refractivity contribution >= 4 is 0 Å². The number of hydrogen-bond donors (Lipinski definition) is 0. The summed E-state index contributed by atoms with van der Waals surface area (Å²) >= 11 is 0. The molecule has 2 heteroatoms. The molecule has 1 aromatic rings. The first-order valence-electron chi connectivity index (χ1n) is 8.10. The lowest BCUT2D eigenvalue weighted by Crippen LogP contribution is -2.06. The van der Waals surface area contributed by atoms with Gasteiger partial charge < -0.3 is 0 Å². The fourth-order valence-electron chi connectivity index (χ4n) is 2.46. The Morgan fingerprint density at radius 1 is 0.947 bits per heavy atom. The van der Waals surface area contributed by atoms with Crippen LogP contribution in [0, 0.1) is 11.8 Å². The van der Waals surface area contributed by atoms with E-state index in [0.29, 0.717) is 0 Å². The Morgan fingerprint density at radius 2 is 1.63 bits per heavy atom. The van der Waals surface area contributed by atoms with E-state index in [4.69, 9.17) is 0 Å². The van der Waals surface area contributed by atoms with E-state index in [1.54, 1.807) is 0 Å². The number of unbranched alkanes of at least 4 members (excludes halogenated alkanes) is 2. The molecular formula is C17H32N2. The summed E-state index contributed by atoms with van der Waals surface area (Å²) in [7, 11) is 0. The molecule has 0 aromatic carbocycles. The van der Waals surface area contributed by atoms with Crippen molar-refractivity contribution in [2.75, 3.05) is 0 Å². The smallest absolute Gasteiger partial charge is 0.0492 e. The van der Waals surface area contributed by atoms with Gasteiger partial charge >= 0.3 is 0 Å². The van der Waals surface area contributed by atoms with Crippen LogP contribution in [0.15, 0.2) is 12.3 Å². The third-order valence-corrected chi connectivity index (χ3v) is 3.67. The molecule has 0 fully saturated rings. The van der Waals surface area contributed by atoms with Gasteiger partial charge in [-0.3, -0.25) is 4.68 Å². The lowest BCUT2D eigenvalue weighted by Gasteiger charge is -2.09. The van der Waals surface area contributed by atoms with E-state index < -0.39 is 0 Å². The maximum absolute atomic E-state index is 4.46. The Morgan fingerprint density at radius 3 is 2.32 bits per heavy atom. The van der Waals surface area contributed by atoms with Gasteiger partial charge in [0.05, 0.1) is 0 Å². The highest BCUT2D eigenvalue weighted by Gasteiger charge is 2.03. The average molecular weight is 264 g/mol. The highest BCUT2D eigenvalue weighted by atomic mass is 15.3. The van der Waals surface area contributed by atoms with E-state index in [1.807, 2.05) is 6.20 Å². The van der Waals surface area contributed by atoms with Crippen LogP contribution < -0.4 is 0 Å².